The van der Waals surface area contributed by atoms with Crippen LogP contribution in [0, 0.1) is 0 Å². The molecule has 0 spiro atoms. The van der Waals surface area contributed by atoms with Gasteiger partial charge in [-0.1, -0.05) is 48.5 Å². The number of fused-ring (bicyclic) bond motifs is 3. The third-order valence-electron chi connectivity index (χ3n) is 7.46. The highest BCUT2D eigenvalue weighted by Crippen LogP contribution is 2.48. The molecule has 1 fully saturated rings. The van der Waals surface area contributed by atoms with Crippen molar-refractivity contribution >= 4 is 5.97 Å². The average molecular weight is 445 g/mol. The zero-order valence-corrected chi connectivity index (χ0v) is 19.0. The van der Waals surface area contributed by atoms with Gasteiger partial charge in [-0.05, 0) is 23.6 Å². The number of likely N-dealkylation sites (N-methyl/N-ethyl adjacent to an activating group) is 1. The smallest absolute Gasteiger partial charge is 0.347 e. The van der Waals surface area contributed by atoms with Crippen LogP contribution < -0.4 is 0 Å². The molecule has 1 aliphatic heterocycles. The number of carbonyl (C=O) groups excluding carboxylic acids is 1. The molecular weight excluding hydrogens is 414 g/mol. The molecule has 2 aromatic carbocycles. The molecule has 0 radical (unpaired) electrons. The summed E-state index contributed by atoms with van der Waals surface area (Å²) in [6.45, 7) is 2.39. The lowest BCUT2D eigenvalue weighted by Crippen LogP contribution is -2.51. The van der Waals surface area contributed by atoms with E-state index < -0.39 is 11.6 Å². The summed E-state index contributed by atoms with van der Waals surface area (Å²) in [6, 6.07) is 17.3. The van der Waals surface area contributed by atoms with Crippen LogP contribution in [0.4, 0.5) is 0 Å². The van der Waals surface area contributed by atoms with Crippen molar-refractivity contribution in [3.05, 3.63) is 83.9 Å². The Balaban J connectivity index is 1.27. The van der Waals surface area contributed by atoms with Crippen LogP contribution in [0.2, 0.25) is 0 Å². The van der Waals surface area contributed by atoms with Crippen molar-refractivity contribution in [1.82, 2.24) is 9.97 Å². The Labute approximate surface area is 194 Å². The van der Waals surface area contributed by atoms with E-state index in [1.54, 1.807) is 12.5 Å². The summed E-state index contributed by atoms with van der Waals surface area (Å²) in [5, 5.41) is 11.6. The molecule has 3 aromatic rings. The molecule has 6 nitrogen and oxygen atoms in total. The predicted octanol–water partition coefficient (Wildman–Crippen LogP) is 3.48. The van der Waals surface area contributed by atoms with Crippen molar-refractivity contribution in [3.8, 4) is 11.1 Å². The van der Waals surface area contributed by atoms with E-state index in [1.807, 2.05) is 54.6 Å². The van der Waals surface area contributed by atoms with E-state index in [9.17, 15) is 9.90 Å². The summed E-state index contributed by atoms with van der Waals surface area (Å²) in [6.07, 6.45) is 7.43. The highest BCUT2D eigenvalue weighted by Gasteiger charge is 2.50. The Morgan fingerprint density at radius 2 is 1.82 bits per heavy atom. The molecule has 2 aliphatic rings. The molecule has 2 atom stereocenters. The highest BCUT2D eigenvalue weighted by molar-refractivity contribution is 5.96. The molecule has 170 valence electrons. The van der Waals surface area contributed by atoms with Crippen molar-refractivity contribution in [2.45, 2.75) is 37.3 Å². The van der Waals surface area contributed by atoms with Crippen LogP contribution >= 0.6 is 0 Å². The van der Waals surface area contributed by atoms with E-state index >= 15 is 0 Å². The molecule has 1 aliphatic carbocycles. The number of esters is 1. The monoisotopic (exact) mass is 444 g/mol. The first-order valence-electron chi connectivity index (χ1n) is 11.7. The van der Waals surface area contributed by atoms with Crippen LogP contribution in [0.25, 0.3) is 11.1 Å². The molecule has 1 saturated heterocycles. The zero-order chi connectivity index (χ0) is 22.9. The number of carbonyl (C=O) groups is 1. The Bertz CT molecular complexity index is 1100. The molecular formula is C27H30N3O3+. The fraction of sp³-hybridized carbons (Fsp3) is 0.370. The third-order valence-corrected chi connectivity index (χ3v) is 7.46. The third kappa shape index (κ3) is 3.83. The fourth-order valence-corrected chi connectivity index (χ4v) is 5.54. The van der Waals surface area contributed by atoms with Gasteiger partial charge in [0.15, 0.2) is 0 Å². The second kappa shape index (κ2) is 8.69. The Morgan fingerprint density at radius 3 is 2.48 bits per heavy atom. The van der Waals surface area contributed by atoms with E-state index in [1.165, 1.54) is 0 Å². The van der Waals surface area contributed by atoms with Crippen molar-refractivity contribution in [1.29, 1.82) is 0 Å². The van der Waals surface area contributed by atoms with E-state index in [0.29, 0.717) is 17.7 Å². The first-order valence-corrected chi connectivity index (χ1v) is 11.7. The lowest BCUT2D eigenvalue weighted by molar-refractivity contribution is -0.921. The number of nitrogens with zero attached hydrogens (tertiary/aromatic N) is 3. The van der Waals surface area contributed by atoms with Gasteiger partial charge in [-0.3, -0.25) is 0 Å². The second-order valence-electron chi connectivity index (χ2n) is 9.43. The fourth-order valence-electron chi connectivity index (χ4n) is 5.54. The minimum absolute atomic E-state index is 0.231. The van der Waals surface area contributed by atoms with Crippen molar-refractivity contribution in [2.24, 2.45) is 0 Å². The number of aryl methyl sites for hydroxylation is 1. The highest BCUT2D eigenvalue weighted by atomic mass is 16.6. The number of aromatic nitrogens is 2. The predicted molar refractivity (Wildman–Crippen MR) is 125 cm³/mol. The number of rotatable bonds is 7. The second-order valence-corrected chi connectivity index (χ2v) is 9.43. The average Bonchev–Trinajstić information content (AvgIpc) is 3.34. The first-order chi connectivity index (χ1) is 16.0. The molecule has 6 heteroatoms. The summed E-state index contributed by atoms with van der Waals surface area (Å²) in [5.74, 6) is -0.584. The molecule has 1 aromatic heterocycles. The number of hydrogen-bond acceptors (Lipinski definition) is 5. The summed E-state index contributed by atoms with van der Waals surface area (Å²) in [7, 11) is 2.25. The van der Waals surface area contributed by atoms with Crippen molar-refractivity contribution in [2.75, 3.05) is 26.7 Å². The minimum Gasteiger partial charge on any atom is -0.457 e. The van der Waals surface area contributed by atoms with Crippen LogP contribution in [0.3, 0.4) is 0 Å². The van der Waals surface area contributed by atoms with Gasteiger partial charge in [0.1, 0.15) is 19.0 Å². The van der Waals surface area contributed by atoms with Crippen LogP contribution in [0.15, 0.2) is 67.1 Å². The standard InChI is InChI=1S/C27H30N3O3/c1-30(16-6-8-20-14-15-28-19-29-20)17-7-9-21(30)18-33-26(31)27(32)24-12-4-2-10-22(24)23-11-3-5-13-25(23)27/h2-5,10-15,19,21,32H,6-9,16-18H2,1H3/q+1/t21?,30-/m0/s1. The number of ether oxygens (including phenoxy) is 1. The summed E-state index contributed by atoms with van der Waals surface area (Å²) in [4.78, 5) is 21.7. The van der Waals surface area contributed by atoms with Gasteiger partial charge in [0.25, 0.3) is 0 Å². The Kier molecular flexibility index (Phi) is 5.72. The minimum atomic E-state index is -1.76. The van der Waals surface area contributed by atoms with Crippen LogP contribution in [0.5, 0.6) is 0 Å². The lowest BCUT2D eigenvalue weighted by Gasteiger charge is -2.36. The normalized spacial score (nSPS) is 22.5. The molecule has 2 heterocycles. The van der Waals surface area contributed by atoms with Gasteiger partial charge in [0.05, 0.1) is 20.1 Å². The van der Waals surface area contributed by atoms with E-state index in [-0.39, 0.29) is 6.04 Å². The van der Waals surface area contributed by atoms with Gasteiger partial charge >= 0.3 is 5.97 Å². The number of hydrogen-bond donors (Lipinski definition) is 1. The first kappa shape index (κ1) is 21.7. The van der Waals surface area contributed by atoms with E-state index in [4.69, 9.17) is 4.74 Å². The molecule has 1 unspecified atom stereocenters. The van der Waals surface area contributed by atoms with Crippen molar-refractivity contribution in [3.63, 3.8) is 0 Å². The SMILES string of the molecule is C[N@+]1(CCCc2ccncn2)CCCC1COC(=O)C1(O)c2ccccc2-c2ccccc21. The summed E-state index contributed by atoms with van der Waals surface area (Å²) in [5.41, 5.74) is 2.27. The summed E-state index contributed by atoms with van der Waals surface area (Å²) < 4.78 is 6.74. The van der Waals surface area contributed by atoms with Crippen LogP contribution in [0.1, 0.15) is 36.1 Å². The quantitative estimate of drug-likeness (QED) is 0.446. The maximum absolute atomic E-state index is 13.4. The summed E-state index contributed by atoms with van der Waals surface area (Å²) >= 11 is 0. The maximum atomic E-state index is 13.4. The van der Waals surface area contributed by atoms with Gasteiger partial charge in [-0.25, -0.2) is 14.8 Å². The Morgan fingerprint density at radius 1 is 1.12 bits per heavy atom. The van der Waals surface area contributed by atoms with Crippen LogP contribution in [-0.4, -0.2) is 58.3 Å². The zero-order valence-electron chi connectivity index (χ0n) is 19.0. The molecule has 0 saturated carbocycles. The van der Waals surface area contributed by atoms with Gasteiger partial charge in [0.2, 0.25) is 5.60 Å². The van der Waals surface area contributed by atoms with Gasteiger partial charge in [-0.2, -0.15) is 0 Å². The van der Waals surface area contributed by atoms with E-state index in [0.717, 1.165) is 60.1 Å². The molecule has 0 bridgehead atoms. The van der Waals surface area contributed by atoms with Gasteiger partial charge < -0.3 is 14.3 Å². The van der Waals surface area contributed by atoms with Gasteiger partial charge in [-0.15, -0.1) is 0 Å². The van der Waals surface area contributed by atoms with Crippen molar-refractivity contribution < 1.29 is 19.1 Å². The maximum Gasteiger partial charge on any atom is 0.347 e. The topological polar surface area (TPSA) is 72.3 Å². The largest absolute Gasteiger partial charge is 0.457 e. The van der Waals surface area contributed by atoms with E-state index in [2.05, 4.69) is 17.0 Å². The molecule has 0 amide bonds. The lowest BCUT2D eigenvalue weighted by atomic mass is 9.91. The van der Waals surface area contributed by atoms with Gasteiger partial charge in [0, 0.05) is 42.3 Å². The number of quaternary nitrogens is 1. The number of aliphatic hydroxyl groups is 1. The Hall–Kier alpha value is -3.09. The molecule has 1 N–H and O–H groups in total. The molecule has 33 heavy (non-hydrogen) atoms. The number of likely N-dealkylation sites (tertiary alicyclic amines) is 1. The number of benzene rings is 2. The molecule has 5 rings (SSSR count). The van der Waals surface area contributed by atoms with Crippen LogP contribution in [-0.2, 0) is 21.6 Å².